The molecule has 1 aliphatic heterocycles. The van der Waals surface area contributed by atoms with Crippen LogP contribution in [0.2, 0.25) is 0 Å². The molecular weight excluding hydrogens is 769 g/mol. The Labute approximate surface area is 330 Å². The maximum absolute atomic E-state index is 14.8. The van der Waals surface area contributed by atoms with Gasteiger partial charge in [-0.15, -0.1) is 0 Å². The molecule has 1 saturated heterocycles. The van der Waals surface area contributed by atoms with Gasteiger partial charge in [0.1, 0.15) is 18.8 Å². The van der Waals surface area contributed by atoms with E-state index in [9.17, 15) is 28.8 Å². The van der Waals surface area contributed by atoms with Gasteiger partial charge >= 0.3 is 32.5 Å². The zero-order chi connectivity index (χ0) is 40.7. The van der Waals surface area contributed by atoms with Gasteiger partial charge in [-0.3, -0.25) is 33.3 Å². The molecule has 1 fully saturated rings. The molecule has 1 unspecified atom stereocenters. The number of nitrogens with one attached hydrogen (secondary N) is 1. The van der Waals surface area contributed by atoms with Crippen LogP contribution in [0.25, 0.3) is 0 Å². The van der Waals surface area contributed by atoms with Crippen LogP contribution in [0.3, 0.4) is 0 Å². The molecule has 15 nitrogen and oxygen atoms in total. The Hall–Kier alpha value is -4.70. The molecule has 4 rings (SSSR count). The van der Waals surface area contributed by atoms with Crippen LogP contribution in [-0.4, -0.2) is 77.8 Å². The first-order chi connectivity index (χ1) is 26.7. The number of ether oxygens (including phenoxy) is 5. The Morgan fingerprint density at radius 2 is 1.29 bits per heavy atom. The summed E-state index contributed by atoms with van der Waals surface area (Å²) in [7, 11) is -2.51. The van der Waals surface area contributed by atoms with Gasteiger partial charge < -0.3 is 38.0 Å². The van der Waals surface area contributed by atoms with E-state index in [2.05, 4.69) is 5.32 Å². The van der Waals surface area contributed by atoms with Crippen LogP contribution in [0.5, 0.6) is 0 Å². The Morgan fingerprint density at radius 1 is 0.750 bits per heavy atom. The van der Waals surface area contributed by atoms with Gasteiger partial charge in [0.2, 0.25) is 5.91 Å². The summed E-state index contributed by atoms with van der Waals surface area (Å²) >= 11 is 0.737. The van der Waals surface area contributed by atoms with Crippen LogP contribution in [-0.2, 0) is 79.2 Å². The lowest BCUT2D eigenvalue weighted by Crippen LogP contribution is -2.68. The van der Waals surface area contributed by atoms with Crippen LogP contribution in [0.1, 0.15) is 52.2 Å². The Bertz CT molecular complexity index is 1740. The van der Waals surface area contributed by atoms with Gasteiger partial charge in [0.15, 0.2) is 12.2 Å². The minimum Gasteiger partial charge on any atom is -0.462 e. The van der Waals surface area contributed by atoms with Crippen LogP contribution in [0.15, 0.2) is 95.9 Å². The molecule has 3 aromatic rings. The van der Waals surface area contributed by atoms with E-state index in [4.69, 9.17) is 37.3 Å². The van der Waals surface area contributed by atoms with Crippen molar-refractivity contribution < 1.29 is 66.0 Å². The minimum atomic E-state index is -2.51. The van der Waals surface area contributed by atoms with E-state index >= 15 is 0 Å². The first kappa shape index (κ1) is 44.0. The quantitative estimate of drug-likeness (QED) is 0.0751. The topological polar surface area (TPSA) is 188 Å². The Kier molecular flexibility index (Phi) is 16.9. The van der Waals surface area contributed by atoms with Crippen molar-refractivity contribution in [2.45, 2.75) is 95.4 Å². The van der Waals surface area contributed by atoms with E-state index in [-0.39, 0.29) is 13.2 Å². The molecule has 300 valence electrons. The lowest BCUT2D eigenvalue weighted by molar-refractivity contribution is -0.279. The molecule has 0 aliphatic carbocycles. The van der Waals surface area contributed by atoms with Gasteiger partial charge in [0.25, 0.3) is 10.9 Å². The monoisotopic (exact) mass is 813 g/mol. The third-order valence-corrected chi connectivity index (χ3v) is 9.97. The molecule has 3 aromatic carbocycles. The summed E-state index contributed by atoms with van der Waals surface area (Å²) in [6.45, 7) is 4.91. The van der Waals surface area contributed by atoms with E-state index < -0.39 is 92.8 Å². The van der Waals surface area contributed by atoms with Crippen molar-refractivity contribution in [3.63, 3.8) is 0 Å². The van der Waals surface area contributed by atoms with Crippen molar-refractivity contribution in [1.29, 1.82) is 0 Å². The second-order valence-corrected chi connectivity index (χ2v) is 14.7. The Balaban J connectivity index is 1.90. The lowest BCUT2D eigenvalue weighted by atomic mass is 9.88. The Morgan fingerprint density at radius 3 is 1.77 bits per heavy atom. The van der Waals surface area contributed by atoms with Crippen molar-refractivity contribution in [1.82, 2.24) is 5.32 Å². The maximum atomic E-state index is 14.8. The second kappa shape index (κ2) is 21.6. The maximum Gasteiger partial charge on any atom is 0.336 e. The van der Waals surface area contributed by atoms with Crippen molar-refractivity contribution in [2.75, 3.05) is 6.61 Å². The fourth-order valence-electron chi connectivity index (χ4n) is 5.62. The molecule has 0 saturated carbocycles. The average molecular weight is 814 g/mol. The highest BCUT2D eigenvalue weighted by Gasteiger charge is 2.60. The molecular formula is C39H44NO14PS. The normalized spacial score (nSPS) is 20.2. The zero-order valence-electron chi connectivity index (χ0n) is 31.4. The summed E-state index contributed by atoms with van der Waals surface area (Å²) in [5.74, 6) is -6.36. The van der Waals surface area contributed by atoms with Gasteiger partial charge in [-0.2, -0.15) is 0 Å². The standard InChI is InChI=1S/C39H44NO14PS/c1-25(41)40-35-33(50-27(3)43)21-39(38(46)56-32-19-13-8-14-20-32,53-37(35)36(52-29(5)45)34(51-28(4)44)24-47-26(2)42)54-55(48-22-30-15-9-6-10-16-30)49-23-31-17-11-7-12-18-31/h6-20,33-37H,21-24H2,1-5H3,(H,40,41)/t33-,34+,35+,36+,37+,39?/m0/s1. The van der Waals surface area contributed by atoms with Gasteiger partial charge in [0.05, 0.1) is 19.3 Å². The molecule has 0 bridgehead atoms. The number of carbonyl (C=O) groups is 6. The fraction of sp³-hybridized carbons (Fsp3) is 0.385. The third-order valence-electron chi connectivity index (χ3n) is 7.84. The molecule has 6 atom stereocenters. The third kappa shape index (κ3) is 13.8. The molecule has 17 heteroatoms. The van der Waals surface area contributed by atoms with E-state index in [1.165, 1.54) is 6.92 Å². The highest BCUT2D eigenvalue weighted by molar-refractivity contribution is 8.13. The largest absolute Gasteiger partial charge is 0.462 e. The van der Waals surface area contributed by atoms with E-state index in [0.717, 1.165) is 50.6 Å². The molecule has 0 radical (unpaired) electrons. The summed E-state index contributed by atoms with van der Waals surface area (Å²) in [4.78, 5) is 77.8. The van der Waals surface area contributed by atoms with E-state index in [1.807, 2.05) is 60.7 Å². The fourth-order valence-corrected chi connectivity index (χ4v) is 7.65. The summed E-state index contributed by atoms with van der Waals surface area (Å²) in [6, 6.07) is 25.4. The molecule has 56 heavy (non-hydrogen) atoms. The molecule has 1 aliphatic rings. The molecule has 1 N–H and O–H groups in total. The summed E-state index contributed by atoms with van der Waals surface area (Å²) in [5, 5.41) is 1.91. The summed E-state index contributed by atoms with van der Waals surface area (Å²) in [6.07, 6.45) is -6.87. The molecule has 1 amide bonds. The minimum absolute atomic E-state index is 0.0181. The zero-order valence-corrected chi connectivity index (χ0v) is 33.2. The van der Waals surface area contributed by atoms with Crippen LogP contribution >= 0.6 is 20.4 Å². The van der Waals surface area contributed by atoms with Crippen molar-refractivity contribution in [3.8, 4) is 0 Å². The summed E-state index contributed by atoms with van der Waals surface area (Å²) in [5.41, 5.74) is 1.50. The van der Waals surface area contributed by atoms with Crippen LogP contribution in [0, 0.1) is 0 Å². The van der Waals surface area contributed by atoms with Crippen molar-refractivity contribution >= 4 is 55.3 Å². The molecule has 0 aromatic heterocycles. The van der Waals surface area contributed by atoms with Crippen molar-refractivity contribution in [2.24, 2.45) is 0 Å². The van der Waals surface area contributed by atoms with Gasteiger partial charge in [0, 0.05) is 45.9 Å². The number of hydrogen-bond acceptors (Lipinski definition) is 15. The number of benzene rings is 3. The van der Waals surface area contributed by atoms with E-state index in [0.29, 0.717) is 4.90 Å². The SMILES string of the molecule is CC(=O)N[C@H]1[C@H]([C@H](OC(C)=O)[C@@H](COC(C)=O)OC(C)=O)OC(OP(OCc2ccccc2)OCc2ccccc2)(C(=O)Sc2ccccc2)C[C@@H]1OC(C)=O. The van der Waals surface area contributed by atoms with Crippen LogP contribution in [0.4, 0.5) is 0 Å². The highest BCUT2D eigenvalue weighted by atomic mass is 32.2. The predicted octanol–water partition coefficient (Wildman–Crippen LogP) is 5.33. The molecule has 1 heterocycles. The smallest absolute Gasteiger partial charge is 0.336 e. The second-order valence-electron chi connectivity index (χ2n) is 12.5. The predicted molar refractivity (Wildman–Crippen MR) is 201 cm³/mol. The van der Waals surface area contributed by atoms with Gasteiger partial charge in [-0.1, -0.05) is 78.9 Å². The van der Waals surface area contributed by atoms with Crippen LogP contribution < -0.4 is 5.32 Å². The first-order valence-corrected chi connectivity index (χ1v) is 19.4. The number of carbonyl (C=O) groups excluding carboxylic acids is 6. The number of esters is 4. The van der Waals surface area contributed by atoms with Gasteiger partial charge in [-0.05, 0) is 35.0 Å². The number of hydrogen-bond donors (Lipinski definition) is 1. The van der Waals surface area contributed by atoms with Crippen molar-refractivity contribution in [3.05, 3.63) is 102 Å². The number of rotatable bonds is 18. The average Bonchev–Trinajstić information content (AvgIpc) is 3.15. The summed E-state index contributed by atoms with van der Waals surface area (Å²) < 4.78 is 47.7. The van der Waals surface area contributed by atoms with Gasteiger partial charge in [-0.25, -0.2) is 0 Å². The first-order valence-electron chi connectivity index (χ1n) is 17.4. The molecule has 0 spiro atoms. The number of thioether (sulfide) groups is 1. The lowest BCUT2D eigenvalue weighted by Gasteiger charge is -2.49. The van der Waals surface area contributed by atoms with E-state index in [1.54, 1.807) is 30.3 Å². The number of amides is 1. The highest BCUT2D eigenvalue weighted by Crippen LogP contribution is 2.51.